The summed E-state index contributed by atoms with van der Waals surface area (Å²) in [5, 5.41) is 16.3. The molecule has 0 aliphatic heterocycles. The molecular weight excluding hydrogens is 1070 g/mol. The fourth-order valence-electron chi connectivity index (χ4n) is 11.4. The number of aromatic hydroxyl groups is 1. The smallest absolute Gasteiger partial charge is 0.152 e. The zero-order valence-corrected chi connectivity index (χ0v) is 45.4. The van der Waals surface area contributed by atoms with Gasteiger partial charge in [-0.05, 0) is 128 Å². The van der Waals surface area contributed by atoms with Gasteiger partial charge in [0.2, 0.25) is 0 Å². The number of phenols is 1. The molecule has 1 aliphatic rings. The van der Waals surface area contributed by atoms with Crippen LogP contribution in [0, 0.1) is 6.07 Å². The number of benzene rings is 8. The van der Waals surface area contributed by atoms with E-state index in [1.165, 1.54) is 38.9 Å². The molecule has 0 radical (unpaired) electrons. The summed E-state index contributed by atoms with van der Waals surface area (Å²) in [4.78, 5) is 10.6. The molecule has 1 unspecified atom stereocenters. The monoisotopic (exact) mass is 1130 g/mol. The van der Waals surface area contributed by atoms with E-state index >= 15 is 0 Å². The molecular formula is C67H60N3O2Pt-. The van der Waals surface area contributed by atoms with Crippen molar-refractivity contribution in [2.45, 2.75) is 97.3 Å². The quantitative estimate of drug-likeness (QED) is 0.169. The summed E-state index contributed by atoms with van der Waals surface area (Å²) in [5.74, 6) is 1.15. The van der Waals surface area contributed by atoms with Crippen LogP contribution in [-0.4, -0.2) is 19.6 Å². The minimum atomic E-state index is -0.187. The van der Waals surface area contributed by atoms with Crippen LogP contribution in [0.5, 0.6) is 5.75 Å². The molecule has 0 spiro atoms. The maximum absolute atomic E-state index is 12.1. The van der Waals surface area contributed by atoms with Crippen LogP contribution in [0.3, 0.4) is 0 Å². The van der Waals surface area contributed by atoms with E-state index in [2.05, 4.69) is 200 Å². The van der Waals surface area contributed by atoms with Crippen molar-refractivity contribution in [1.82, 2.24) is 14.5 Å². The van der Waals surface area contributed by atoms with Gasteiger partial charge < -0.3 is 9.52 Å². The van der Waals surface area contributed by atoms with E-state index in [1.807, 2.05) is 30.5 Å². The molecule has 0 saturated heterocycles. The van der Waals surface area contributed by atoms with Gasteiger partial charge in [-0.2, -0.15) is 0 Å². The van der Waals surface area contributed by atoms with Crippen LogP contribution >= 0.6 is 0 Å². The van der Waals surface area contributed by atoms with Crippen molar-refractivity contribution in [3.8, 4) is 56.3 Å². The first kappa shape index (κ1) is 48.2. The molecule has 1 N–H and O–H groups in total. The molecule has 73 heavy (non-hydrogen) atoms. The van der Waals surface area contributed by atoms with Gasteiger partial charge in [-0.1, -0.05) is 171 Å². The van der Waals surface area contributed by atoms with Crippen LogP contribution in [0.25, 0.3) is 94.3 Å². The second kappa shape index (κ2) is 17.8. The van der Waals surface area contributed by atoms with Crippen molar-refractivity contribution in [3.63, 3.8) is 0 Å². The van der Waals surface area contributed by atoms with Crippen molar-refractivity contribution in [2.75, 3.05) is 0 Å². The van der Waals surface area contributed by atoms with Crippen molar-refractivity contribution >= 4 is 43.7 Å². The Bertz CT molecular complexity index is 3910. The Hall–Kier alpha value is -7.07. The van der Waals surface area contributed by atoms with Gasteiger partial charge in [0.25, 0.3) is 0 Å². The van der Waals surface area contributed by atoms with E-state index in [9.17, 15) is 5.11 Å². The normalized spacial score (nSPS) is 14.1. The largest absolute Gasteiger partial charge is 0.507 e. The Morgan fingerprint density at radius 1 is 0.589 bits per heavy atom. The summed E-state index contributed by atoms with van der Waals surface area (Å²) in [7, 11) is 0. The molecule has 3 heterocycles. The molecule has 0 bridgehead atoms. The van der Waals surface area contributed by atoms with Crippen LogP contribution in [0.15, 0.2) is 168 Å². The summed E-state index contributed by atoms with van der Waals surface area (Å²) < 4.78 is 9.25. The third kappa shape index (κ3) is 8.40. The zero-order chi connectivity index (χ0) is 49.8. The predicted octanol–water partition coefficient (Wildman–Crippen LogP) is 17.4. The van der Waals surface area contributed by atoms with E-state index in [0.29, 0.717) is 22.9 Å². The van der Waals surface area contributed by atoms with Gasteiger partial charge in [0.15, 0.2) is 5.82 Å². The van der Waals surface area contributed by atoms with Crippen LogP contribution < -0.4 is 0 Å². The molecule has 8 aromatic carbocycles. The predicted molar refractivity (Wildman–Crippen MR) is 299 cm³/mol. The number of furan rings is 1. The van der Waals surface area contributed by atoms with Crippen molar-refractivity contribution < 1.29 is 30.6 Å². The Kier molecular flexibility index (Phi) is 11.8. The van der Waals surface area contributed by atoms with Crippen LogP contribution in [0.2, 0.25) is 0 Å². The van der Waals surface area contributed by atoms with Crippen LogP contribution in [0.4, 0.5) is 0 Å². The number of rotatable bonds is 6. The molecule has 1 aliphatic carbocycles. The van der Waals surface area contributed by atoms with E-state index in [1.54, 1.807) is 6.07 Å². The maximum Gasteiger partial charge on any atom is 0.152 e. The van der Waals surface area contributed by atoms with Gasteiger partial charge in [0.05, 0.1) is 11.0 Å². The van der Waals surface area contributed by atoms with Gasteiger partial charge in [-0.15, -0.1) is 29.3 Å². The third-order valence-electron chi connectivity index (χ3n) is 15.1. The molecule has 11 aromatic rings. The number of fused-ring (bicyclic) bond motifs is 7. The average Bonchev–Trinajstić information content (AvgIpc) is 4.08. The first-order valence-electron chi connectivity index (χ1n) is 25.4. The van der Waals surface area contributed by atoms with Gasteiger partial charge in [-0.25, -0.2) is 4.98 Å². The molecule has 0 saturated carbocycles. The van der Waals surface area contributed by atoms with Crippen molar-refractivity contribution in [1.29, 1.82) is 0 Å². The first-order valence-corrected chi connectivity index (χ1v) is 25.4. The molecule has 5 nitrogen and oxygen atoms in total. The van der Waals surface area contributed by atoms with Crippen LogP contribution in [-0.2, 0) is 50.2 Å². The SMILES string of the molecule is CC(C)(C)c1cc(-c2cc(-c3c(C(C)(C)C)cccc3C(C)(C)C)ccn2)[c-]c(-c2cccc3c2nc(-c2c(O)ccc4c2oc2c5cc6c(cc5ccc42)CC(c2ccccc2)C6)n3-c2ccccc2)c1.[Pt]. The topological polar surface area (TPSA) is 64.1 Å². The first-order chi connectivity index (χ1) is 34.5. The number of aromatic nitrogens is 3. The molecule has 12 rings (SSSR count). The van der Waals surface area contributed by atoms with Gasteiger partial charge in [-0.3, -0.25) is 9.55 Å². The zero-order valence-electron chi connectivity index (χ0n) is 43.1. The Labute approximate surface area is 443 Å². The van der Waals surface area contributed by atoms with E-state index in [0.717, 1.165) is 84.6 Å². The second-order valence-corrected chi connectivity index (χ2v) is 23.1. The summed E-state index contributed by atoms with van der Waals surface area (Å²) in [5.41, 5.74) is 18.3. The number of hydrogen-bond donors (Lipinski definition) is 1. The number of pyridine rings is 1. The van der Waals surface area contributed by atoms with Crippen LogP contribution in [0.1, 0.15) is 102 Å². The standard InChI is InChI=1S/C67H60N3O2.Pt/c1-65(2,3)48-36-46(35-47(37-48)56-39-42(30-31-68-56)59-54(66(4,5)6)23-17-24-55(59)67(7,8)9)50-22-16-25-57-61(50)69-64(70(57)49-20-14-11-15-21-49)60-58(71)29-28-52-51-27-26-41-32-44-33-43(40-18-12-10-13-19-40)34-45(44)38-53(41)62(51)72-63(52)60;/h10-32,36-39,43,71H,33-34H2,1-9H3;/q-1;. The summed E-state index contributed by atoms with van der Waals surface area (Å²) in [6.45, 7) is 20.5. The molecule has 0 amide bonds. The van der Waals surface area contributed by atoms with E-state index in [-0.39, 0.29) is 43.1 Å². The van der Waals surface area contributed by atoms with E-state index < -0.39 is 0 Å². The summed E-state index contributed by atoms with van der Waals surface area (Å²) in [6, 6.07) is 60.0. The third-order valence-corrected chi connectivity index (χ3v) is 15.1. The minimum absolute atomic E-state index is 0. The Morgan fingerprint density at radius 2 is 1.23 bits per heavy atom. The number of imidazole rings is 1. The van der Waals surface area contributed by atoms with Gasteiger partial charge in [0, 0.05) is 54.8 Å². The second-order valence-electron chi connectivity index (χ2n) is 23.1. The molecule has 3 aromatic heterocycles. The summed E-state index contributed by atoms with van der Waals surface area (Å²) in [6.07, 6.45) is 3.97. The fourth-order valence-corrected chi connectivity index (χ4v) is 11.4. The number of hydrogen-bond acceptors (Lipinski definition) is 4. The molecule has 0 fully saturated rings. The number of nitrogens with zero attached hydrogens (tertiary/aromatic N) is 3. The molecule has 366 valence electrons. The Morgan fingerprint density at radius 3 is 1.93 bits per heavy atom. The average molecular weight is 1130 g/mol. The molecule has 1 atom stereocenters. The van der Waals surface area contributed by atoms with Crippen molar-refractivity contribution in [2.24, 2.45) is 0 Å². The van der Waals surface area contributed by atoms with Gasteiger partial charge >= 0.3 is 0 Å². The Balaban J connectivity index is 0.00000574. The minimum Gasteiger partial charge on any atom is -0.507 e. The number of phenolic OH excluding ortho intramolecular Hbond substituents is 1. The van der Waals surface area contributed by atoms with E-state index in [4.69, 9.17) is 14.4 Å². The maximum atomic E-state index is 12.1. The molecule has 6 heteroatoms. The van der Waals surface area contributed by atoms with Crippen molar-refractivity contribution in [3.05, 3.63) is 203 Å². The number of para-hydroxylation sites is 2. The van der Waals surface area contributed by atoms with Gasteiger partial charge in [0.1, 0.15) is 22.5 Å². The summed E-state index contributed by atoms with van der Waals surface area (Å²) >= 11 is 0. The fraction of sp³-hybridized carbons (Fsp3) is 0.224.